The minimum atomic E-state index is -0.303. The molecule has 0 radical (unpaired) electrons. The van der Waals surface area contributed by atoms with E-state index in [9.17, 15) is 10.1 Å². The van der Waals surface area contributed by atoms with Crippen molar-refractivity contribution in [2.24, 2.45) is 0 Å². The lowest BCUT2D eigenvalue weighted by Gasteiger charge is -2.20. The molecular formula is C16H19NO2. The van der Waals surface area contributed by atoms with Crippen molar-refractivity contribution in [3.05, 3.63) is 35.4 Å². The normalized spacial score (nSPS) is 16.8. The third-order valence-corrected chi connectivity index (χ3v) is 3.83. The standard InChI is InChI=1S/C16H19NO2/c1-2-19-15(18)11-13-5-7-14(8-6-13)16(12-17)9-3-4-10-16/h5-8H,2-4,9-11H2,1H3. The van der Waals surface area contributed by atoms with Gasteiger partial charge in [-0.05, 0) is 30.9 Å². The molecule has 1 fully saturated rings. The van der Waals surface area contributed by atoms with Crippen LogP contribution >= 0.6 is 0 Å². The number of benzene rings is 1. The van der Waals surface area contributed by atoms with E-state index >= 15 is 0 Å². The third kappa shape index (κ3) is 2.96. The van der Waals surface area contributed by atoms with Crippen LogP contribution in [0.1, 0.15) is 43.7 Å². The van der Waals surface area contributed by atoms with Crippen LogP contribution in [0.15, 0.2) is 24.3 Å². The maximum Gasteiger partial charge on any atom is 0.310 e. The van der Waals surface area contributed by atoms with Gasteiger partial charge in [-0.2, -0.15) is 5.26 Å². The molecule has 0 spiro atoms. The van der Waals surface area contributed by atoms with Gasteiger partial charge in [0.15, 0.2) is 0 Å². The molecule has 0 amide bonds. The fourth-order valence-corrected chi connectivity index (χ4v) is 2.76. The van der Waals surface area contributed by atoms with Crippen molar-refractivity contribution in [1.82, 2.24) is 0 Å². The van der Waals surface area contributed by atoms with Crippen molar-refractivity contribution in [1.29, 1.82) is 5.26 Å². The smallest absolute Gasteiger partial charge is 0.310 e. The van der Waals surface area contributed by atoms with Gasteiger partial charge >= 0.3 is 5.97 Å². The van der Waals surface area contributed by atoms with Gasteiger partial charge in [-0.1, -0.05) is 37.1 Å². The van der Waals surface area contributed by atoms with E-state index in [1.54, 1.807) is 6.92 Å². The second kappa shape index (κ2) is 5.88. The number of hydrogen-bond donors (Lipinski definition) is 0. The summed E-state index contributed by atoms with van der Waals surface area (Å²) < 4.78 is 4.93. The van der Waals surface area contributed by atoms with E-state index in [4.69, 9.17) is 4.74 Å². The Balaban J connectivity index is 2.10. The zero-order valence-corrected chi connectivity index (χ0v) is 11.3. The van der Waals surface area contributed by atoms with Gasteiger partial charge < -0.3 is 4.74 Å². The van der Waals surface area contributed by atoms with Crippen LogP contribution in [-0.4, -0.2) is 12.6 Å². The lowest BCUT2D eigenvalue weighted by atomic mass is 9.80. The van der Waals surface area contributed by atoms with Crippen molar-refractivity contribution in [3.8, 4) is 6.07 Å². The first-order valence-electron chi connectivity index (χ1n) is 6.86. The SMILES string of the molecule is CCOC(=O)Cc1ccc(C2(C#N)CCCC2)cc1. The molecular weight excluding hydrogens is 238 g/mol. The van der Waals surface area contributed by atoms with E-state index < -0.39 is 0 Å². The molecule has 1 saturated carbocycles. The molecule has 100 valence electrons. The average molecular weight is 257 g/mol. The van der Waals surface area contributed by atoms with Crippen LogP contribution in [-0.2, 0) is 21.4 Å². The van der Waals surface area contributed by atoms with Crippen LogP contribution < -0.4 is 0 Å². The van der Waals surface area contributed by atoms with E-state index in [0.29, 0.717) is 13.0 Å². The van der Waals surface area contributed by atoms with Crippen LogP contribution in [0.4, 0.5) is 0 Å². The van der Waals surface area contributed by atoms with E-state index in [2.05, 4.69) is 6.07 Å². The fourth-order valence-electron chi connectivity index (χ4n) is 2.76. The van der Waals surface area contributed by atoms with Gasteiger partial charge in [0.1, 0.15) is 0 Å². The molecule has 0 N–H and O–H groups in total. The first kappa shape index (κ1) is 13.6. The highest BCUT2D eigenvalue weighted by atomic mass is 16.5. The highest BCUT2D eigenvalue weighted by Gasteiger charge is 2.35. The van der Waals surface area contributed by atoms with Gasteiger partial charge in [-0.3, -0.25) is 4.79 Å². The summed E-state index contributed by atoms with van der Waals surface area (Å²) in [7, 11) is 0. The summed E-state index contributed by atoms with van der Waals surface area (Å²) in [5.41, 5.74) is 1.72. The summed E-state index contributed by atoms with van der Waals surface area (Å²) in [6.45, 7) is 2.21. The lowest BCUT2D eigenvalue weighted by molar-refractivity contribution is -0.142. The molecule has 3 heteroatoms. The molecule has 1 aliphatic carbocycles. The number of ether oxygens (including phenoxy) is 1. The third-order valence-electron chi connectivity index (χ3n) is 3.83. The maximum atomic E-state index is 11.4. The minimum absolute atomic E-state index is 0.203. The maximum absolute atomic E-state index is 11.4. The number of carbonyl (C=O) groups is 1. The number of hydrogen-bond acceptors (Lipinski definition) is 3. The highest BCUT2D eigenvalue weighted by molar-refractivity contribution is 5.72. The largest absolute Gasteiger partial charge is 0.466 e. The monoisotopic (exact) mass is 257 g/mol. The highest BCUT2D eigenvalue weighted by Crippen LogP contribution is 2.40. The van der Waals surface area contributed by atoms with Crippen molar-refractivity contribution in [2.45, 2.75) is 44.4 Å². The summed E-state index contributed by atoms with van der Waals surface area (Å²) in [5, 5.41) is 9.43. The predicted molar refractivity (Wildman–Crippen MR) is 72.5 cm³/mol. The molecule has 1 aromatic carbocycles. The fraction of sp³-hybridized carbons (Fsp3) is 0.500. The molecule has 0 aromatic heterocycles. The molecule has 0 bridgehead atoms. The Hall–Kier alpha value is -1.82. The van der Waals surface area contributed by atoms with Gasteiger partial charge in [0.05, 0.1) is 24.5 Å². The van der Waals surface area contributed by atoms with Crippen LogP contribution in [0, 0.1) is 11.3 Å². The molecule has 3 nitrogen and oxygen atoms in total. The summed E-state index contributed by atoms with van der Waals surface area (Å²) in [4.78, 5) is 11.4. The first-order chi connectivity index (χ1) is 9.20. The summed E-state index contributed by atoms with van der Waals surface area (Å²) >= 11 is 0. The number of carbonyl (C=O) groups excluding carboxylic acids is 1. The molecule has 0 unspecified atom stereocenters. The molecule has 19 heavy (non-hydrogen) atoms. The van der Waals surface area contributed by atoms with Gasteiger partial charge in [-0.15, -0.1) is 0 Å². The minimum Gasteiger partial charge on any atom is -0.466 e. The Morgan fingerprint density at radius 1 is 1.32 bits per heavy atom. The lowest BCUT2D eigenvalue weighted by Crippen LogP contribution is -2.19. The molecule has 2 rings (SSSR count). The Morgan fingerprint density at radius 3 is 2.47 bits per heavy atom. The van der Waals surface area contributed by atoms with Crippen molar-refractivity contribution < 1.29 is 9.53 Å². The zero-order chi connectivity index (χ0) is 13.7. The quantitative estimate of drug-likeness (QED) is 0.779. The van der Waals surface area contributed by atoms with Crippen molar-refractivity contribution in [2.75, 3.05) is 6.61 Å². The first-order valence-corrected chi connectivity index (χ1v) is 6.86. The van der Waals surface area contributed by atoms with E-state index in [1.165, 1.54) is 0 Å². The van der Waals surface area contributed by atoms with Gasteiger partial charge in [0, 0.05) is 0 Å². The number of rotatable bonds is 4. The van der Waals surface area contributed by atoms with E-state index in [-0.39, 0.29) is 11.4 Å². The van der Waals surface area contributed by atoms with E-state index in [0.717, 1.165) is 36.8 Å². The van der Waals surface area contributed by atoms with Crippen LogP contribution in [0.3, 0.4) is 0 Å². The Kier molecular flexibility index (Phi) is 4.21. The molecule has 0 atom stereocenters. The summed E-state index contributed by atoms with van der Waals surface area (Å²) in [5.74, 6) is -0.203. The Labute approximate surface area is 114 Å². The average Bonchev–Trinajstić information content (AvgIpc) is 2.90. The number of nitriles is 1. The number of nitrogens with zero attached hydrogens (tertiary/aromatic N) is 1. The molecule has 0 heterocycles. The van der Waals surface area contributed by atoms with Gasteiger partial charge in [0.25, 0.3) is 0 Å². The summed E-state index contributed by atoms with van der Waals surface area (Å²) in [6.07, 6.45) is 4.44. The van der Waals surface area contributed by atoms with Crippen LogP contribution in [0.2, 0.25) is 0 Å². The molecule has 1 aliphatic rings. The molecule has 0 aliphatic heterocycles. The second-order valence-corrected chi connectivity index (χ2v) is 5.08. The van der Waals surface area contributed by atoms with E-state index in [1.807, 2.05) is 24.3 Å². The van der Waals surface area contributed by atoms with Gasteiger partial charge in [-0.25, -0.2) is 0 Å². The predicted octanol–water partition coefficient (Wildman–Crippen LogP) is 3.13. The summed E-state index contributed by atoms with van der Waals surface area (Å²) in [6, 6.07) is 10.3. The van der Waals surface area contributed by atoms with Crippen molar-refractivity contribution >= 4 is 5.97 Å². The Morgan fingerprint density at radius 2 is 1.95 bits per heavy atom. The van der Waals surface area contributed by atoms with Crippen molar-refractivity contribution in [3.63, 3.8) is 0 Å². The van der Waals surface area contributed by atoms with Crippen LogP contribution in [0.5, 0.6) is 0 Å². The zero-order valence-electron chi connectivity index (χ0n) is 11.3. The molecule has 0 saturated heterocycles. The Bertz CT molecular complexity index is 478. The topological polar surface area (TPSA) is 50.1 Å². The number of esters is 1. The second-order valence-electron chi connectivity index (χ2n) is 5.08. The van der Waals surface area contributed by atoms with Gasteiger partial charge in [0.2, 0.25) is 0 Å². The van der Waals surface area contributed by atoms with Crippen LogP contribution in [0.25, 0.3) is 0 Å². The molecule has 1 aromatic rings.